The Balaban J connectivity index is 2.80. The van der Waals surface area contributed by atoms with E-state index in [9.17, 15) is 0 Å². The average molecular weight is 172 g/mol. The van der Waals surface area contributed by atoms with E-state index in [1.807, 2.05) is 0 Å². The highest BCUT2D eigenvalue weighted by molar-refractivity contribution is 5.71. The van der Waals surface area contributed by atoms with E-state index in [2.05, 4.69) is 44.3 Å². The molecule has 0 aliphatic rings. The van der Waals surface area contributed by atoms with Crippen LogP contribution in [-0.2, 0) is 6.42 Å². The molecule has 1 aromatic carbocycles. The first kappa shape index (κ1) is 9.79. The molecule has 0 nitrogen and oxygen atoms in total. The van der Waals surface area contributed by atoms with Crippen molar-refractivity contribution in [3.05, 3.63) is 54.6 Å². The van der Waals surface area contributed by atoms with Crippen molar-refractivity contribution in [2.24, 2.45) is 0 Å². The quantitative estimate of drug-likeness (QED) is 0.605. The van der Waals surface area contributed by atoms with Crippen molar-refractivity contribution >= 4 is 5.57 Å². The van der Waals surface area contributed by atoms with Crippen LogP contribution in [0.2, 0.25) is 0 Å². The summed E-state index contributed by atoms with van der Waals surface area (Å²) in [7, 11) is 0. The Morgan fingerprint density at radius 1 is 1.31 bits per heavy atom. The van der Waals surface area contributed by atoms with Crippen molar-refractivity contribution in [1.29, 1.82) is 0 Å². The van der Waals surface area contributed by atoms with Gasteiger partial charge in [0, 0.05) is 0 Å². The number of hydrogen-bond donors (Lipinski definition) is 0. The zero-order chi connectivity index (χ0) is 9.68. The lowest BCUT2D eigenvalue weighted by molar-refractivity contribution is 0.922. The summed E-state index contributed by atoms with van der Waals surface area (Å²) in [6.07, 6.45) is 4.14. The van der Waals surface area contributed by atoms with Crippen molar-refractivity contribution in [2.45, 2.75) is 19.8 Å². The molecule has 0 atom stereocenters. The molecule has 0 aliphatic heterocycles. The molecule has 68 valence electrons. The van der Waals surface area contributed by atoms with Gasteiger partial charge in [0.2, 0.25) is 0 Å². The van der Waals surface area contributed by atoms with Gasteiger partial charge in [0.15, 0.2) is 0 Å². The summed E-state index contributed by atoms with van der Waals surface area (Å²) in [6, 6.07) is 8.53. The summed E-state index contributed by atoms with van der Waals surface area (Å²) in [5.41, 5.74) is 3.54. The first-order valence-electron chi connectivity index (χ1n) is 4.68. The number of allylic oxidation sites excluding steroid dienone is 2. The third-order valence-corrected chi connectivity index (χ3v) is 2.11. The van der Waals surface area contributed by atoms with Crippen LogP contribution in [0.25, 0.3) is 5.57 Å². The molecular weight excluding hydrogens is 156 g/mol. The molecule has 0 bridgehead atoms. The Bertz CT molecular complexity index is 290. The second-order valence-electron chi connectivity index (χ2n) is 3.18. The molecule has 0 aromatic heterocycles. The van der Waals surface area contributed by atoms with Crippen molar-refractivity contribution in [3.63, 3.8) is 0 Å². The van der Waals surface area contributed by atoms with Gasteiger partial charge in [0.1, 0.15) is 0 Å². The van der Waals surface area contributed by atoms with Gasteiger partial charge in [-0.1, -0.05) is 56.8 Å². The monoisotopic (exact) mass is 172 g/mol. The van der Waals surface area contributed by atoms with Gasteiger partial charge in [0.25, 0.3) is 0 Å². The number of aryl methyl sites for hydroxylation is 1. The van der Waals surface area contributed by atoms with Gasteiger partial charge in [-0.15, -0.1) is 0 Å². The Labute approximate surface area is 80.6 Å². The molecule has 1 rings (SSSR count). The van der Waals surface area contributed by atoms with Crippen LogP contribution in [0.4, 0.5) is 0 Å². The van der Waals surface area contributed by atoms with E-state index < -0.39 is 0 Å². The molecule has 13 heavy (non-hydrogen) atoms. The van der Waals surface area contributed by atoms with Gasteiger partial charge in [-0.3, -0.25) is 0 Å². The Kier molecular flexibility index (Phi) is 3.51. The fourth-order valence-corrected chi connectivity index (χ4v) is 1.29. The van der Waals surface area contributed by atoms with Crippen LogP contribution in [0.5, 0.6) is 0 Å². The molecule has 0 radical (unpaired) electrons. The zero-order valence-electron chi connectivity index (χ0n) is 8.22. The predicted molar refractivity (Wildman–Crippen MR) is 59.7 cm³/mol. The van der Waals surface area contributed by atoms with E-state index in [-0.39, 0.29) is 0 Å². The molecule has 0 heterocycles. The van der Waals surface area contributed by atoms with Gasteiger partial charge < -0.3 is 0 Å². The molecule has 0 N–H and O–H groups in total. The zero-order valence-corrected chi connectivity index (χ0v) is 8.22. The van der Waals surface area contributed by atoms with E-state index in [0.717, 1.165) is 17.6 Å². The summed E-state index contributed by atoms with van der Waals surface area (Å²) < 4.78 is 0. The highest BCUT2D eigenvalue weighted by atomic mass is 14.0. The van der Waals surface area contributed by atoms with Crippen LogP contribution in [0.1, 0.15) is 24.5 Å². The van der Waals surface area contributed by atoms with E-state index in [1.54, 1.807) is 6.08 Å². The van der Waals surface area contributed by atoms with Gasteiger partial charge in [0.05, 0.1) is 0 Å². The standard InChI is InChI=1S/C13H16/c1-4-6-12-7-9-13(10-8-12)11(3)5-2/h5,7-10H,2-4,6H2,1H3. The summed E-state index contributed by atoms with van der Waals surface area (Å²) in [5.74, 6) is 0. The minimum atomic E-state index is 0.989. The lowest BCUT2D eigenvalue weighted by Crippen LogP contribution is -1.84. The second kappa shape index (κ2) is 4.66. The van der Waals surface area contributed by atoms with E-state index >= 15 is 0 Å². The summed E-state index contributed by atoms with van der Waals surface area (Å²) in [6.45, 7) is 9.79. The first-order chi connectivity index (χ1) is 6.27. The largest absolute Gasteiger partial charge is 0.0985 e. The molecule has 0 spiro atoms. The summed E-state index contributed by atoms with van der Waals surface area (Å²) >= 11 is 0. The van der Waals surface area contributed by atoms with Crippen molar-refractivity contribution in [1.82, 2.24) is 0 Å². The van der Waals surface area contributed by atoms with Gasteiger partial charge in [-0.2, -0.15) is 0 Å². The molecule has 0 saturated carbocycles. The van der Waals surface area contributed by atoms with Crippen molar-refractivity contribution in [3.8, 4) is 0 Å². The SMILES string of the molecule is C=CC(=C)c1ccc(CCC)cc1. The molecule has 0 heteroatoms. The maximum atomic E-state index is 3.90. The summed E-state index contributed by atoms with van der Waals surface area (Å²) in [4.78, 5) is 0. The normalized spacial score (nSPS) is 9.62. The van der Waals surface area contributed by atoms with Crippen LogP contribution in [-0.4, -0.2) is 0 Å². The fourth-order valence-electron chi connectivity index (χ4n) is 1.29. The van der Waals surface area contributed by atoms with Crippen molar-refractivity contribution < 1.29 is 0 Å². The second-order valence-corrected chi connectivity index (χ2v) is 3.18. The van der Waals surface area contributed by atoms with Crippen LogP contribution >= 0.6 is 0 Å². The molecule has 0 amide bonds. The van der Waals surface area contributed by atoms with Gasteiger partial charge in [-0.05, 0) is 23.1 Å². The van der Waals surface area contributed by atoms with Crippen LogP contribution in [0, 0.1) is 0 Å². The first-order valence-corrected chi connectivity index (χ1v) is 4.68. The Morgan fingerprint density at radius 2 is 1.92 bits per heavy atom. The van der Waals surface area contributed by atoms with Gasteiger partial charge in [-0.25, -0.2) is 0 Å². The number of benzene rings is 1. The maximum Gasteiger partial charge on any atom is -0.0190 e. The number of rotatable bonds is 4. The third-order valence-electron chi connectivity index (χ3n) is 2.11. The fraction of sp³-hybridized carbons (Fsp3) is 0.231. The molecule has 0 saturated heterocycles. The number of hydrogen-bond acceptors (Lipinski definition) is 0. The predicted octanol–water partition coefficient (Wildman–Crippen LogP) is 3.84. The topological polar surface area (TPSA) is 0 Å². The molecule has 0 fully saturated rings. The Morgan fingerprint density at radius 3 is 2.38 bits per heavy atom. The maximum absolute atomic E-state index is 3.90. The lowest BCUT2D eigenvalue weighted by Gasteiger charge is -2.02. The highest BCUT2D eigenvalue weighted by Crippen LogP contribution is 2.14. The molecule has 0 aliphatic carbocycles. The minimum absolute atomic E-state index is 0.989. The molecular formula is C13H16. The molecule has 0 unspecified atom stereocenters. The minimum Gasteiger partial charge on any atom is -0.0985 e. The van der Waals surface area contributed by atoms with E-state index in [0.29, 0.717) is 0 Å². The third kappa shape index (κ3) is 2.59. The highest BCUT2D eigenvalue weighted by Gasteiger charge is 1.94. The average Bonchev–Trinajstić information content (AvgIpc) is 2.18. The van der Waals surface area contributed by atoms with Crippen molar-refractivity contribution in [2.75, 3.05) is 0 Å². The van der Waals surface area contributed by atoms with E-state index in [4.69, 9.17) is 0 Å². The lowest BCUT2D eigenvalue weighted by atomic mass is 10.0. The Hall–Kier alpha value is -1.30. The van der Waals surface area contributed by atoms with Gasteiger partial charge >= 0.3 is 0 Å². The smallest absolute Gasteiger partial charge is 0.0190 e. The van der Waals surface area contributed by atoms with E-state index in [1.165, 1.54) is 12.0 Å². The molecule has 1 aromatic rings. The van der Waals surface area contributed by atoms with Crippen LogP contribution < -0.4 is 0 Å². The van der Waals surface area contributed by atoms with Crippen LogP contribution in [0.15, 0.2) is 43.5 Å². The van der Waals surface area contributed by atoms with Crippen LogP contribution in [0.3, 0.4) is 0 Å². The summed E-state index contributed by atoms with van der Waals surface area (Å²) in [5, 5.41) is 0.